The van der Waals surface area contributed by atoms with Crippen molar-refractivity contribution in [2.45, 2.75) is 38.0 Å². The van der Waals surface area contributed by atoms with Gasteiger partial charge in [0, 0.05) is 5.56 Å². The number of hydrogen-bond donors (Lipinski definition) is 1. The second-order valence-corrected chi connectivity index (χ2v) is 10.4. The van der Waals surface area contributed by atoms with Gasteiger partial charge in [-0.3, -0.25) is 9.10 Å². The van der Waals surface area contributed by atoms with Gasteiger partial charge in [0.05, 0.1) is 23.4 Å². The summed E-state index contributed by atoms with van der Waals surface area (Å²) >= 11 is 0. The van der Waals surface area contributed by atoms with Crippen LogP contribution in [0.25, 0.3) is 0 Å². The first-order valence-corrected chi connectivity index (χ1v) is 12.9. The van der Waals surface area contributed by atoms with Gasteiger partial charge in [-0.25, -0.2) is 13.8 Å². The summed E-state index contributed by atoms with van der Waals surface area (Å²) < 4.78 is 33.4. The highest BCUT2D eigenvalue weighted by Crippen LogP contribution is 2.27. The number of carbonyl (C=O) groups excluding carboxylic acids is 1. The van der Waals surface area contributed by atoms with Crippen LogP contribution < -0.4 is 14.5 Å². The van der Waals surface area contributed by atoms with E-state index in [2.05, 4.69) is 10.5 Å². The number of amides is 1. The summed E-state index contributed by atoms with van der Waals surface area (Å²) in [5.41, 5.74) is 7.84. The number of rotatable bonds is 7. The SMILES string of the molecule is COc1ccc2c(c1)CCC/C2=N\NC(=O)CN(c1ccc(C)c(C)c1)S(=O)(=O)c1ccccc1. The van der Waals surface area contributed by atoms with Crippen LogP contribution in [-0.2, 0) is 21.2 Å². The zero-order valence-electron chi connectivity index (χ0n) is 20.1. The van der Waals surface area contributed by atoms with Crippen LogP contribution in [0.15, 0.2) is 76.7 Å². The lowest BCUT2D eigenvalue weighted by atomic mass is 9.90. The maximum Gasteiger partial charge on any atom is 0.264 e. The standard InChI is InChI=1S/C27H29N3O4S/c1-19-12-13-22(16-20(19)2)30(35(32,33)24-9-5-4-6-10-24)18-27(31)29-28-26-11-7-8-21-17-23(34-3)14-15-25(21)26/h4-6,9-10,12-17H,7-8,11,18H2,1-3H3,(H,29,31)/b28-26+. The van der Waals surface area contributed by atoms with E-state index in [4.69, 9.17) is 4.74 Å². The van der Waals surface area contributed by atoms with Crippen LogP contribution in [-0.4, -0.2) is 33.7 Å². The number of ether oxygens (including phenoxy) is 1. The number of nitrogens with zero attached hydrogens (tertiary/aromatic N) is 2. The monoisotopic (exact) mass is 491 g/mol. The zero-order chi connectivity index (χ0) is 25.0. The quantitative estimate of drug-likeness (QED) is 0.498. The molecule has 3 aromatic carbocycles. The third-order valence-electron chi connectivity index (χ3n) is 6.20. The fourth-order valence-corrected chi connectivity index (χ4v) is 5.53. The van der Waals surface area contributed by atoms with Crippen LogP contribution in [0.2, 0.25) is 0 Å². The number of benzene rings is 3. The molecule has 3 aromatic rings. The first kappa shape index (κ1) is 24.5. The number of hydrogen-bond acceptors (Lipinski definition) is 5. The highest BCUT2D eigenvalue weighted by atomic mass is 32.2. The van der Waals surface area contributed by atoms with Crippen LogP contribution in [0.4, 0.5) is 5.69 Å². The molecule has 1 amide bonds. The molecule has 0 saturated carbocycles. The summed E-state index contributed by atoms with van der Waals surface area (Å²) in [5, 5.41) is 4.37. The Morgan fingerprint density at radius 3 is 2.49 bits per heavy atom. The average molecular weight is 492 g/mol. The molecule has 35 heavy (non-hydrogen) atoms. The van der Waals surface area contributed by atoms with Gasteiger partial charge in [-0.15, -0.1) is 0 Å². The summed E-state index contributed by atoms with van der Waals surface area (Å²) in [6.45, 7) is 3.47. The molecule has 1 aliphatic rings. The summed E-state index contributed by atoms with van der Waals surface area (Å²) in [4.78, 5) is 13.1. The highest BCUT2D eigenvalue weighted by molar-refractivity contribution is 7.92. The van der Waals surface area contributed by atoms with Crippen molar-refractivity contribution in [1.82, 2.24) is 5.43 Å². The maximum absolute atomic E-state index is 13.5. The number of fused-ring (bicyclic) bond motifs is 1. The van der Waals surface area contributed by atoms with Crippen molar-refractivity contribution in [2.75, 3.05) is 18.0 Å². The van der Waals surface area contributed by atoms with Crippen molar-refractivity contribution in [1.29, 1.82) is 0 Å². The summed E-state index contributed by atoms with van der Waals surface area (Å²) in [5.74, 6) is 0.264. The third-order valence-corrected chi connectivity index (χ3v) is 7.98. The van der Waals surface area contributed by atoms with E-state index in [0.29, 0.717) is 5.69 Å². The number of sulfonamides is 1. The van der Waals surface area contributed by atoms with E-state index in [0.717, 1.165) is 57.3 Å². The van der Waals surface area contributed by atoms with Gasteiger partial charge >= 0.3 is 0 Å². The molecular formula is C27H29N3O4S. The molecule has 0 fully saturated rings. The fraction of sp³-hybridized carbons (Fsp3) is 0.259. The number of carbonyl (C=O) groups is 1. The molecule has 0 saturated heterocycles. The largest absolute Gasteiger partial charge is 0.497 e. The minimum absolute atomic E-state index is 0.118. The second kappa shape index (κ2) is 10.3. The van der Waals surface area contributed by atoms with Crippen LogP contribution in [0.5, 0.6) is 5.75 Å². The summed E-state index contributed by atoms with van der Waals surface area (Å²) in [6, 6.07) is 19.3. The van der Waals surface area contributed by atoms with Crippen molar-refractivity contribution < 1.29 is 17.9 Å². The molecule has 0 aromatic heterocycles. The Morgan fingerprint density at radius 2 is 1.77 bits per heavy atom. The molecule has 182 valence electrons. The Morgan fingerprint density at radius 1 is 1.00 bits per heavy atom. The van der Waals surface area contributed by atoms with Crippen LogP contribution in [0, 0.1) is 13.8 Å². The summed E-state index contributed by atoms with van der Waals surface area (Å²) in [6.07, 6.45) is 2.55. The van der Waals surface area contributed by atoms with E-state index >= 15 is 0 Å². The smallest absolute Gasteiger partial charge is 0.264 e. The normalized spacial score (nSPS) is 14.3. The molecule has 4 rings (SSSR count). The minimum atomic E-state index is -3.97. The lowest BCUT2D eigenvalue weighted by Gasteiger charge is -2.24. The van der Waals surface area contributed by atoms with Gasteiger partial charge in [-0.1, -0.05) is 24.3 Å². The molecule has 1 N–H and O–H groups in total. The number of anilines is 1. The van der Waals surface area contributed by atoms with Crippen molar-refractivity contribution in [3.63, 3.8) is 0 Å². The van der Waals surface area contributed by atoms with Crippen LogP contribution >= 0.6 is 0 Å². The van der Waals surface area contributed by atoms with Crippen LogP contribution in [0.3, 0.4) is 0 Å². The lowest BCUT2D eigenvalue weighted by molar-refractivity contribution is -0.119. The Bertz CT molecular complexity index is 1370. The van der Waals surface area contributed by atoms with Gasteiger partial charge in [0.25, 0.3) is 15.9 Å². The van der Waals surface area contributed by atoms with E-state index in [1.165, 1.54) is 12.1 Å². The van der Waals surface area contributed by atoms with Crippen molar-refractivity contribution >= 4 is 27.3 Å². The Kier molecular flexibility index (Phi) is 7.21. The Labute approximate surface area is 206 Å². The van der Waals surface area contributed by atoms with E-state index in [1.807, 2.05) is 38.1 Å². The predicted octanol–water partition coefficient (Wildman–Crippen LogP) is 4.36. The molecule has 0 heterocycles. The minimum Gasteiger partial charge on any atom is -0.497 e. The van der Waals surface area contributed by atoms with Gasteiger partial charge in [0.2, 0.25) is 0 Å². The van der Waals surface area contributed by atoms with Crippen molar-refractivity contribution in [3.05, 3.63) is 89.0 Å². The van der Waals surface area contributed by atoms with Crippen LogP contribution in [0.1, 0.15) is 35.1 Å². The molecular weight excluding hydrogens is 462 g/mol. The number of methoxy groups -OCH3 is 1. The topological polar surface area (TPSA) is 88.1 Å². The fourth-order valence-electron chi connectivity index (χ4n) is 4.09. The molecule has 1 aliphatic carbocycles. The lowest BCUT2D eigenvalue weighted by Crippen LogP contribution is -2.40. The molecule has 0 aliphatic heterocycles. The number of hydrazone groups is 1. The molecule has 0 radical (unpaired) electrons. The number of aryl methyl sites for hydroxylation is 3. The zero-order valence-corrected chi connectivity index (χ0v) is 20.9. The first-order chi connectivity index (χ1) is 16.8. The molecule has 0 spiro atoms. The Balaban J connectivity index is 1.61. The summed E-state index contributed by atoms with van der Waals surface area (Å²) in [7, 11) is -2.34. The van der Waals surface area contributed by atoms with Gasteiger partial charge in [-0.2, -0.15) is 5.10 Å². The highest BCUT2D eigenvalue weighted by Gasteiger charge is 2.27. The van der Waals surface area contributed by atoms with E-state index in [1.54, 1.807) is 37.4 Å². The average Bonchev–Trinajstić information content (AvgIpc) is 2.87. The van der Waals surface area contributed by atoms with Gasteiger partial charge in [0.15, 0.2) is 0 Å². The van der Waals surface area contributed by atoms with Gasteiger partial charge in [-0.05, 0) is 92.3 Å². The molecule has 0 unspecified atom stereocenters. The molecule has 0 bridgehead atoms. The van der Waals surface area contributed by atoms with E-state index < -0.39 is 22.5 Å². The third kappa shape index (κ3) is 5.38. The second-order valence-electron chi connectivity index (χ2n) is 8.56. The molecule has 8 heteroatoms. The van der Waals surface area contributed by atoms with Gasteiger partial charge < -0.3 is 4.74 Å². The maximum atomic E-state index is 13.5. The van der Waals surface area contributed by atoms with Crippen molar-refractivity contribution in [2.24, 2.45) is 5.10 Å². The Hall–Kier alpha value is -3.65. The van der Waals surface area contributed by atoms with Gasteiger partial charge in [0.1, 0.15) is 12.3 Å². The number of nitrogens with one attached hydrogen (secondary N) is 1. The van der Waals surface area contributed by atoms with Crippen molar-refractivity contribution in [3.8, 4) is 5.75 Å². The van der Waals surface area contributed by atoms with E-state index in [-0.39, 0.29) is 4.90 Å². The molecule has 0 atom stereocenters. The molecule has 7 nitrogen and oxygen atoms in total. The first-order valence-electron chi connectivity index (χ1n) is 11.5. The van der Waals surface area contributed by atoms with E-state index in [9.17, 15) is 13.2 Å². The predicted molar refractivity (Wildman–Crippen MR) is 138 cm³/mol.